The Morgan fingerprint density at radius 1 is 1.07 bits per heavy atom. The molecule has 7 heteroatoms. The maximum absolute atomic E-state index is 11.4. The average Bonchev–Trinajstić information content (AvgIpc) is 3.50. The number of rotatable bonds is 7. The molecule has 1 saturated carbocycles. The van der Waals surface area contributed by atoms with E-state index in [-0.39, 0.29) is 5.75 Å². The average molecular weight is 448 g/mol. The van der Waals surface area contributed by atoms with Gasteiger partial charge in [0, 0.05) is 28.0 Å². The third-order valence-electron chi connectivity index (χ3n) is 5.11. The number of hydrogen-bond donors (Lipinski definition) is 1. The summed E-state index contributed by atoms with van der Waals surface area (Å²) in [6.45, 7) is 0.343. The van der Waals surface area contributed by atoms with Crippen LogP contribution in [0.25, 0.3) is 11.1 Å². The van der Waals surface area contributed by atoms with Crippen molar-refractivity contribution in [3.05, 3.63) is 87.7 Å². The largest absolute Gasteiger partial charge is 0.365 e. The molecule has 0 amide bonds. The zero-order valence-electron chi connectivity index (χ0n) is 15.5. The second-order valence-electron chi connectivity index (χ2n) is 7.06. The molecule has 0 bridgehead atoms. The first-order chi connectivity index (χ1) is 14.0. The van der Waals surface area contributed by atoms with Crippen molar-refractivity contribution in [1.82, 2.24) is 4.98 Å². The number of nitrogens with zero attached hydrogens (tertiary/aromatic N) is 1. The lowest BCUT2D eigenvalue weighted by atomic mass is 9.94. The van der Waals surface area contributed by atoms with Gasteiger partial charge >= 0.3 is 0 Å². The van der Waals surface area contributed by atoms with Crippen LogP contribution in [0.15, 0.2) is 60.9 Å². The van der Waals surface area contributed by atoms with Crippen molar-refractivity contribution in [2.45, 2.75) is 30.8 Å². The molecule has 2 aromatic carbocycles. The predicted molar refractivity (Wildman–Crippen MR) is 116 cm³/mol. The van der Waals surface area contributed by atoms with Crippen LogP contribution in [0.2, 0.25) is 10.0 Å². The number of benzene rings is 2. The van der Waals surface area contributed by atoms with E-state index < -0.39 is 16.7 Å². The van der Waals surface area contributed by atoms with E-state index >= 15 is 0 Å². The van der Waals surface area contributed by atoms with Gasteiger partial charge in [-0.25, -0.2) is 4.21 Å². The van der Waals surface area contributed by atoms with Crippen molar-refractivity contribution in [2.75, 3.05) is 0 Å². The summed E-state index contributed by atoms with van der Waals surface area (Å²) in [7, 11) is 0. The molecule has 1 fully saturated rings. The fourth-order valence-corrected chi connectivity index (χ4v) is 4.39. The van der Waals surface area contributed by atoms with Gasteiger partial charge in [-0.2, -0.15) is 0 Å². The molecule has 29 heavy (non-hydrogen) atoms. The Hall–Kier alpha value is -1.76. The normalized spacial score (nSPS) is 15.8. The van der Waals surface area contributed by atoms with Gasteiger partial charge in [0.25, 0.3) is 0 Å². The smallest absolute Gasteiger partial charge is 0.157 e. The molecule has 0 spiro atoms. The Balaban J connectivity index is 1.67. The molecule has 4 nitrogen and oxygen atoms in total. The first-order valence-electron chi connectivity index (χ1n) is 9.17. The first-order valence-corrected chi connectivity index (χ1v) is 11.2. The minimum absolute atomic E-state index is 0.0733. The second-order valence-corrected chi connectivity index (χ2v) is 8.84. The Labute approximate surface area is 182 Å². The Kier molecular flexibility index (Phi) is 6.04. The van der Waals surface area contributed by atoms with Crippen LogP contribution in [0, 0.1) is 0 Å². The fraction of sp³-hybridized carbons (Fsp3) is 0.227. The highest BCUT2D eigenvalue weighted by Gasteiger charge is 2.47. The summed E-state index contributed by atoms with van der Waals surface area (Å²) in [5.74, 6) is 0.0733. The van der Waals surface area contributed by atoms with Gasteiger partial charge in [0.05, 0.1) is 18.0 Å². The van der Waals surface area contributed by atoms with Gasteiger partial charge < -0.3 is 9.29 Å². The lowest BCUT2D eigenvalue weighted by Gasteiger charge is -2.21. The lowest BCUT2D eigenvalue weighted by molar-refractivity contribution is 0.0174. The molecule has 1 aliphatic rings. The molecular formula is C22H19Cl2NO3S. The predicted octanol–water partition coefficient (Wildman–Crippen LogP) is 5.98. The number of hydrogen-bond acceptors (Lipinski definition) is 3. The quantitative estimate of drug-likeness (QED) is 0.452. The van der Waals surface area contributed by atoms with Gasteiger partial charge in [0.1, 0.15) is 0 Å². The molecule has 1 heterocycles. The van der Waals surface area contributed by atoms with Crippen LogP contribution in [0.5, 0.6) is 0 Å². The Morgan fingerprint density at radius 3 is 2.62 bits per heavy atom. The van der Waals surface area contributed by atoms with E-state index in [1.165, 1.54) is 0 Å². The summed E-state index contributed by atoms with van der Waals surface area (Å²) >= 11 is 10.5. The summed E-state index contributed by atoms with van der Waals surface area (Å²) in [5.41, 5.74) is 4.08. The summed E-state index contributed by atoms with van der Waals surface area (Å²) in [4.78, 5) is 4.32. The number of ether oxygens (including phenoxy) is 1. The molecule has 1 unspecified atom stereocenters. The monoisotopic (exact) mass is 447 g/mol. The maximum atomic E-state index is 11.4. The Bertz CT molecular complexity index is 1070. The molecular weight excluding hydrogens is 429 g/mol. The highest BCUT2D eigenvalue weighted by atomic mass is 35.5. The number of halogens is 2. The molecule has 3 aromatic rings. The van der Waals surface area contributed by atoms with E-state index in [0.29, 0.717) is 16.7 Å². The van der Waals surface area contributed by atoms with Crippen LogP contribution in [0.4, 0.5) is 0 Å². The summed E-state index contributed by atoms with van der Waals surface area (Å²) in [6.07, 6.45) is 5.31. The van der Waals surface area contributed by atoms with E-state index in [1.54, 1.807) is 18.3 Å². The van der Waals surface area contributed by atoms with Gasteiger partial charge in [-0.05, 0) is 59.4 Å². The fourth-order valence-electron chi connectivity index (χ4n) is 3.51. The van der Waals surface area contributed by atoms with Crippen molar-refractivity contribution < 1.29 is 13.5 Å². The molecule has 1 atom stereocenters. The van der Waals surface area contributed by atoms with Crippen LogP contribution in [0.1, 0.15) is 29.5 Å². The van der Waals surface area contributed by atoms with Crippen LogP contribution in [0.3, 0.4) is 0 Å². The third kappa shape index (κ3) is 4.55. The van der Waals surface area contributed by atoms with Crippen LogP contribution >= 0.6 is 23.2 Å². The SMILES string of the molecule is O=S(O)Cc1ccccc1-c1ccncc1C1(OCc2cc(Cl)ccc2Cl)CC1. The van der Waals surface area contributed by atoms with Gasteiger partial charge in [0.15, 0.2) is 11.1 Å². The second kappa shape index (κ2) is 8.54. The molecule has 1 aromatic heterocycles. The highest BCUT2D eigenvalue weighted by Crippen LogP contribution is 2.52. The van der Waals surface area contributed by atoms with E-state index in [4.69, 9.17) is 27.9 Å². The van der Waals surface area contributed by atoms with Crippen molar-refractivity contribution >= 4 is 34.3 Å². The number of aromatic nitrogens is 1. The summed E-state index contributed by atoms with van der Waals surface area (Å²) < 4.78 is 27.1. The van der Waals surface area contributed by atoms with Crippen molar-refractivity contribution in [2.24, 2.45) is 0 Å². The van der Waals surface area contributed by atoms with Gasteiger partial charge in [0.2, 0.25) is 0 Å². The molecule has 1 N–H and O–H groups in total. The van der Waals surface area contributed by atoms with Crippen LogP contribution in [-0.2, 0) is 33.8 Å². The minimum atomic E-state index is -1.92. The molecule has 4 rings (SSSR count). The van der Waals surface area contributed by atoms with E-state index in [1.807, 2.05) is 42.6 Å². The van der Waals surface area contributed by atoms with Gasteiger partial charge in [-0.3, -0.25) is 4.98 Å². The minimum Gasteiger partial charge on any atom is -0.365 e. The molecule has 0 saturated heterocycles. The van der Waals surface area contributed by atoms with Crippen LogP contribution < -0.4 is 0 Å². The highest BCUT2D eigenvalue weighted by molar-refractivity contribution is 7.78. The molecule has 0 radical (unpaired) electrons. The molecule has 150 valence electrons. The number of pyridine rings is 1. The zero-order chi connectivity index (χ0) is 20.4. The van der Waals surface area contributed by atoms with Crippen LogP contribution in [-0.4, -0.2) is 13.7 Å². The maximum Gasteiger partial charge on any atom is 0.157 e. The van der Waals surface area contributed by atoms with E-state index in [2.05, 4.69) is 4.98 Å². The lowest BCUT2D eigenvalue weighted by Crippen LogP contribution is -2.14. The molecule has 0 aliphatic heterocycles. The van der Waals surface area contributed by atoms with E-state index in [9.17, 15) is 8.76 Å². The summed E-state index contributed by atoms with van der Waals surface area (Å²) in [6, 6.07) is 14.9. The van der Waals surface area contributed by atoms with Gasteiger partial charge in [-0.1, -0.05) is 47.5 Å². The molecule has 1 aliphatic carbocycles. The summed E-state index contributed by atoms with van der Waals surface area (Å²) in [5, 5.41) is 1.23. The Morgan fingerprint density at radius 2 is 1.86 bits per heavy atom. The third-order valence-corrected chi connectivity index (χ3v) is 6.28. The standard InChI is InChI=1S/C22H19Cl2NO3S/c23-17-5-6-21(24)16(11-17)13-28-22(8-9-22)20-12-25-10-7-19(20)18-4-2-1-3-15(18)14-29(26)27/h1-7,10-12H,8-9,13-14H2,(H,26,27). The zero-order valence-corrected chi connectivity index (χ0v) is 17.8. The van der Waals surface area contributed by atoms with Gasteiger partial charge in [-0.15, -0.1) is 0 Å². The van der Waals surface area contributed by atoms with E-state index in [0.717, 1.165) is 40.7 Å². The van der Waals surface area contributed by atoms with Crippen molar-refractivity contribution in [3.8, 4) is 11.1 Å². The van der Waals surface area contributed by atoms with Crippen molar-refractivity contribution in [3.63, 3.8) is 0 Å². The topological polar surface area (TPSA) is 59.4 Å². The first kappa shape index (κ1) is 20.5. The van der Waals surface area contributed by atoms with Crippen molar-refractivity contribution in [1.29, 1.82) is 0 Å².